The summed E-state index contributed by atoms with van der Waals surface area (Å²) < 4.78 is 11.1. The highest BCUT2D eigenvalue weighted by Crippen LogP contribution is 2.33. The number of carbonyl (C=O) groups is 2. The van der Waals surface area contributed by atoms with Crippen LogP contribution in [0, 0.1) is 5.92 Å². The van der Waals surface area contributed by atoms with E-state index < -0.39 is 12.1 Å². The molecule has 0 radical (unpaired) electrons. The molecule has 3 heterocycles. The lowest BCUT2D eigenvalue weighted by atomic mass is 10.0. The number of rotatable bonds is 7. The van der Waals surface area contributed by atoms with Crippen LogP contribution in [0.1, 0.15) is 39.1 Å². The minimum Gasteiger partial charge on any atom is -0.479 e. The van der Waals surface area contributed by atoms with E-state index in [0.717, 1.165) is 5.56 Å². The van der Waals surface area contributed by atoms with Crippen LogP contribution in [-0.4, -0.2) is 39.6 Å². The third kappa shape index (κ3) is 4.46. The fraction of sp³-hybridized carbons (Fsp3) is 0.348. The molecule has 9 heteroatoms. The number of aromatic nitrogens is 3. The third-order valence-corrected chi connectivity index (χ3v) is 5.27. The molecule has 32 heavy (non-hydrogen) atoms. The van der Waals surface area contributed by atoms with Crippen molar-refractivity contribution in [3.63, 3.8) is 0 Å². The van der Waals surface area contributed by atoms with Gasteiger partial charge in [0.1, 0.15) is 11.8 Å². The summed E-state index contributed by atoms with van der Waals surface area (Å²) in [7, 11) is 0. The van der Waals surface area contributed by atoms with Gasteiger partial charge < -0.3 is 19.5 Å². The van der Waals surface area contributed by atoms with Gasteiger partial charge in [0.25, 0.3) is 5.91 Å². The molecule has 9 nitrogen and oxygen atoms in total. The first-order valence-electron chi connectivity index (χ1n) is 10.5. The summed E-state index contributed by atoms with van der Waals surface area (Å²) in [5.74, 6) is 1.05. The van der Waals surface area contributed by atoms with Crippen molar-refractivity contribution in [2.45, 2.75) is 39.3 Å². The number of pyridine rings is 1. The average molecular weight is 435 g/mol. The maximum Gasteiger partial charge on any atom is 0.267 e. The highest BCUT2D eigenvalue weighted by Gasteiger charge is 2.32. The summed E-state index contributed by atoms with van der Waals surface area (Å²) in [6, 6.07) is 10.4. The van der Waals surface area contributed by atoms with Crippen molar-refractivity contribution in [1.29, 1.82) is 0 Å². The fourth-order valence-corrected chi connectivity index (χ4v) is 3.54. The fourth-order valence-electron chi connectivity index (χ4n) is 3.54. The van der Waals surface area contributed by atoms with Gasteiger partial charge in [-0.1, -0.05) is 31.1 Å². The zero-order valence-electron chi connectivity index (χ0n) is 18.2. The topological polar surface area (TPSA) is 110 Å². The Morgan fingerprint density at radius 2 is 1.94 bits per heavy atom. The van der Waals surface area contributed by atoms with Crippen LogP contribution in [0.4, 0.5) is 5.69 Å². The number of ether oxygens (including phenoxy) is 1. The minimum absolute atomic E-state index is 0.0236. The predicted molar refractivity (Wildman–Crippen MR) is 117 cm³/mol. The molecule has 1 aliphatic rings. The van der Waals surface area contributed by atoms with E-state index in [1.165, 1.54) is 0 Å². The van der Waals surface area contributed by atoms with Gasteiger partial charge in [0.15, 0.2) is 6.10 Å². The molecule has 0 aliphatic carbocycles. The normalized spacial score (nSPS) is 16.4. The molecule has 2 amide bonds. The van der Waals surface area contributed by atoms with Gasteiger partial charge in [0.05, 0.1) is 5.69 Å². The monoisotopic (exact) mass is 435 g/mol. The molecule has 3 aromatic rings. The van der Waals surface area contributed by atoms with E-state index >= 15 is 0 Å². The van der Waals surface area contributed by atoms with E-state index in [1.807, 2.05) is 38.1 Å². The average Bonchev–Trinajstić information content (AvgIpc) is 3.28. The molecule has 4 rings (SSSR count). The van der Waals surface area contributed by atoms with Gasteiger partial charge in [-0.3, -0.25) is 14.6 Å². The Kier molecular flexibility index (Phi) is 6.16. The Hall–Kier alpha value is -3.75. The quantitative estimate of drug-likeness (QED) is 0.607. The number of carbonyl (C=O) groups excluding carboxylic acids is 2. The van der Waals surface area contributed by atoms with Crippen LogP contribution in [0.5, 0.6) is 5.75 Å². The number of hydrogen-bond donors (Lipinski definition) is 1. The van der Waals surface area contributed by atoms with Crippen molar-refractivity contribution >= 4 is 17.5 Å². The second-order valence-corrected chi connectivity index (χ2v) is 7.95. The van der Waals surface area contributed by atoms with Crippen molar-refractivity contribution in [3.05, 3.63) is 54.7 Å². The molecule has 1 N–H and O–H groups in total. The van der Waals surface area contributed by atoms with E-state index in [-0.39, 0.29) is 30.7 Å². The van der Waals surface area contributed by atoms with E-state index in [4.69, 9.17) is 9.26 Å². The Bertz CT molecular complexity index is 1100. The van der Waals surface area contributed by atoms with Crippen LogP contribution in [0.3, 0.4) is 0 Å². The number of anilines is 1. The van der Waals surface area contributed by atoms with Crippen LogP contribution in [0.15, 0.2) is 53.3 Å². The van der Waals surface area contributed by atoms with E-state index in [1.54, 1.807) is 36.4 Å². The summed E-state index contributed by atoms with van der Waals surface area (Å²) in [4.78, 5) is 35.4. The Labute approximate surface area is 185 Å². The minimum atomic E-state index is -0.596. The van der Waals surface area contributed by atoms with Crippen LogP contribution in [0.2, 0.25) is 0 Å². The van der Waals surface area contributed by atoms with Gasteiger partial charge in [-0.05, 0) is 37.1 Å². The number of nitrogens with one attached hydrogen (secondary N) is 1. The number of benzene rings is 1. The molecular weight excluding hydrogens is 410 g/mol. The van der Waals surface area contributed by atoms with E-state index in [0.29, 0.717) is 23.2 Å². The number of para-hydroxylation sites is 2. The Balaban J connectivity index is 1.43. The molecule has 0 bridgehead atoms. The standard InChI is InChI=1S/C23H25N5O4/c1-14(2)20(22-26-21(27-32-22)16-8-11-24-12-9-16)25-19(29)10-13-28-17-6-4-5-7-18(17)31-15(3)23(28)30/h4-9,11-12,14-15,20H,10,13H2,1-3H3,(H,25,29)/t15-,20-/m0/s1. The third-order valence-electron chi connectivity index (χ3n) is 5.27. The summed E-state index contributed by atoms with van der Waals surface area (Å²) in [5, 5.41) is 7.00. The van der Waals surface area contributed by atoms with Crippen LogP contribution in [0.25, 0.3) is 11.4 Å². The van der Waals surface area contributed by atoms with Crippen molar-refractivity contribution in [2.75, 3.05) is 11.4 Å². The molecular formula is C23H25N5O4. The summed E-state index contributed by atoms with van der Waals surface area (Å²) in [6.07, 6.45) is 2.83. The van der Waals surface area contributed by atoms with Gasteiger partial charge in [-0.2, -0.15) is 4.98 Å². The molecule has 0 unspecified atom stereocenters. The second-order valence-electron chi connectivity index (χ2n) is 7.95. The lowest BCUT2D eigenvalue weighted by Crippen LogP contribution is -2.46. The largest absolute Gasteiger partial charge is 0.479 e. The molecule has 1 aromatic carbocycles. The second kappa shape index (κ2) is 9.17. The lowest BCUT2D eigenvalue weighted by Gasteiger charge is -2.33. The molecule has 0 saturated carbocycles. The zero-order valence-corrected chi connectivity index (χ0v) is 18.2. The van der Waals surface area contributed by atoms with Crippen LogP contribution < -0.4 is 15.0 Å². The molecule has 0 fully saturated rings. The van der Waals surface area contributed by atoms with Crippen molar-refractivity contribution in [1.82, 2.24) is 20.4 Å². The number of nitrogens with zero attached hydrogens (tertiary/aromatic N) is 4. The number of amides is 2. The Morgan fingerprint density at radius 3 is 2.69 bits per heavy atom. The van der Waals surface area contributed by atoms with Gasteiger partial charge in [-0.25, -0.2) is 0 Å². The summed E-state index contributed by atoms with van der Waals surface area (Å²) >= 11 is 0. The molecule has 0 saturated heterocycles. The van der Waals surface area contributed by atoms with E-state index in [9.17, 15) is 9.59 Å². The van der Waals surface area contributed by atoms with Crippen LogP contribution >= 0.6 is 0 Å². The number of hydrogen-bond acceptors (Lipinski definition) is 7. The van der Waals surface area contributed by atoms with Crippen molar-refractivity contribution < 1.29 is 18.8 Å². The smallest absolute Gasteiger partial charge is 0.267 e. The molecule has 2 aromatic heterocycles. The first-order valence-corrected chi connectivity index (χ1v) is 10.5. The van der Waals surface area contributed by atoms with Crippen LogP contribution in [-0.2, 0) is 9.59 Å². The maximum absolute atomic E-state index is 12.8. The predicted octanol–water partition coefficient (Wildman–Crippen LogP) is 3.15. The van der Waals surface area contributed by atoms with Crippen molar-refractivity contribution in [2.24, 2.45) is 5.92 Å². The molecule has 0 spiro atoms. The van der Waals surface area contributed by atoms with Gasteiger partial charge in [-0.15, -0.1) is 0 Å². The van der Waals surface area contributed by atoms with Gasteiger partial charge in [0, 0.05) is 30.9 Å². The molecule has 1 aliphatic heterocycles. The number of fused-ring (bicyclic) bond motifs is 1. The molecule has 2 atom stereocenters. The summed E-state index contributed by atoms with van der Waals surface area (Å²) in [5.41, 5.74) is 1.45. The lowest BCUT2D eigenvalue weighted by molar-refractivity contribution is -0.125. The van der Waals surface area contributed by atoms with E-state index in [2.05, 4.69) is 20.4 Å². The molecule has 166 valence electrons. The first-order chi connectivity index (χ1) is 15.4. The van der Waals surface area contributed by atoms with Crippen molar-refractivity contribution in [3.8, 4) is 17.1 Å². The first kappa shape index (κ1) is 21.5. The van der Waals surface area contributed by atoms with Gasteiger partial charge >= 0.3 is 0 Å². The highest BCUT2D eigenvalue weighted by molar-refractivity contribution is 6.00. The summed E-state index contributed by atoms with van der Waals surface area (Å²) in [6.45, 7) is 5.87. The SMILES string of the molecule is CC(C)[C@H](NC(=O)CCN1C(=O)[C@H](C)Oc2ccccc21)c1nc(-c2ccncc2)no1. The Morgan fingerprint density at radius 1 is 1.19 bits per heavy atom. The van der Waals surface area contributed by atoms with Gasteiger partial charge in [0.2, 0.25) is 17.6 Å². The zero-order chi connectivity index (χ0) is 22.7. The maximum atomic E-state index is 12.8. The highest BCUT2D eigenvalue weighted by atomic mass is 16.5.